The summed E-state index contributed by atoms with van der Waals surface area (Å²) in [4.78, 5) is 12.1. The molecule has 0 unspecified atom stereocenters. The van der Waals surface area contributed by atoms with E-state index in [1.165, 1.54) is 35.3 Å². The Morgan fingerprint density at radius 3 is 2.57 bits per heavy atom. The Morgan fingerprint density at radius 1 is 1.29 bits per heavy atom. The molecule has 1 heterocycles. The third-order valence-corrected chi connectivity index (χ3v) is 2.93. The summed E-state index contributed by atoms with van der Waals surface area (Å²) < 4.78 is 0. The maximum Gasteiger partial charge on any atom is 0.407 e. The van der Waals surface area contributed by atoms with Crippen LogP contribution in [-0.2, 0) is 0 Å². The summed E-state index contributed by atoms with van der Waals surface area (Å²) in [6.45, 7) is 1.21. The van der Waals surface area contributed by atoms with Crippen molar-refractivity contribution in [2.75, 3.05) is 13.1 Å². The minimum atomic E-state index is -0.805. The number of nitrogens with zero attached hydrogens (tertiary/aromatic N) is 1. The second kappa shape index (κ2) is 3.86. The Balaban J connectivity index is 2.00. The van der Waals surface area contributed by atoms with Crippen LogP contribution in [0.5, 0.6) is 0 Å². The number of amides is 1. The molecular formula is C11H15NO2. The van der Waals surface area contributed by atoms with Crippen molar-refractivity contribution in [1.82, 2.24) is 4.90 Å². The fourth-order valence-electron chi connectivity index (χ4n) is 2.10. The molecule has 0 saturated carbocycles. The third-order valence-electron chi connectivity index (χ3n) is 2.93. The number of hydrogen-bond acceptors (Lipinski definition) is 1. The normalized spacial score (nSPS) is 21.9. The summed E-state index contributed by atoms with van der Waals surface area (Å²) in [7, 11) is 0. The van der Waals surface area contributed by atoms with Gasteiger partial charge in [0.05, 0.1) is 0 Å². The van der Waals surface area contributed by atoms with E-state index < -0.39 is 6.09 Å². The van der Waals surface area contributed by atoms with Crippen molar-refractivity contribution in [3.63, 3.8) is 0 Å². The standard InChI is InChI=1S/C11H15NO2/c13-11(14)12-7-5-10(6-8-12)9-3-1-2-4-9/h3,5H,1-2,4,6-8H2,(H,13,14). The van der Waals surface area contributed by atoms with Gasteiger partial charge >= 0.3 is 6.09 Å². The highest BCUT2D eigenvalue weighted by Crippen LogP contribution is 2.28. The van der Waals surface area contributed by atoms with Gasteiger partial charge in [0.25, 0.3) is 0 Å². The minimum absolute atomic E-state index is 0.558. The van der Waals surface area contributed by atoms with Crippen LogP contribution in [0.4, 0.5) is 4.79 Å². The quantitative estimate of drug-likeness (QED) is 0.694. The van der Waals surface area contributed by atoms with Gasteiger partial charge in [-0.25, -0.2) is 4.79 Å². The molecule has 3 heteroatoms. The monoisotopic (exact) mass is 193 g/mol. The van der Waals surface area contributed by atoms with Crippen molar-refractivity contribution in [3.8, 4) is 0 Å². The predicted octanol–water partition coefficient (Wildman–Crippen LogP) is 2.41. The van der Waals surface area contributed by atoms with Crippen molar-refractivity contribution in [2.45, 2.75) is 25.7 Å². The lowest BCUT2D eigenvalue weighted by molar-refractivity contribution is 0.149. The molecule has 3 nitrogen and oxygen atoms in total. The summed E-state index contributed by atoms with van der Waals surface area (Å²) >= 11 is 0. The van der Waals surface area contributed by atoms with E-state index in [0.29, 0.717) is 13.1 Å². The number of rotatable bonds is 1. The van der Waals surface area contributed by atoms with Gasteiger partial charge in [-0.15, -0.1) is 0 Å². The van der Waals surface area contributed by atoms with Crippen molar-refractivity contribution in [1.29, 1.82) is 0 Å². The molecule has 0 aromatic heterocycles. The molecule has 0 aromatic carbocycles. The Kier molecular flexibility index (Phi) is 2.57. The summed E-state index contributed by atoms with van der Waals surface area (Å²) in [6.07, 6.45) is 8.07. The molecule has 0 bridgehead atoms. The number of hydrogen-bond donors (Lipinski definition) is 1. The van der Waals surface area contributed by atoms with E-state index in [0.717, 1.165) is 6.42 Å². The second-order valence-corrected chi connectivity index (χ2v) is 3.83. The van der Waals surface area contributed by atoms with E-state index in [1.54, 1.807) is 0 Å². The lowest BCUT2D eigenvalue weighted by atomic mass is 9.99. The minimum Gasteiger partial charge on any atom is -0.465 e. The summed E-state index contributed by atoms with van der Waals surface area (Å²) in [5, 5.41) is 8.77. The molecule has 1 N–H and O–H groups in total. The van der Waals surface area contributed by atoms with E-state index in [4.69, 9.17) is 5.11 Å². The van der Waals surface area contributed by atoms with Gasteiger partial charge < -0.3 is 10.0 Å². The summed E-state index contributed by atoms with van der Waals surface area (Å²) in [5.74, 6) is 0. The fourth-order valence-corrected chi connectivity index (χ4v) is 2.10. The zero-order valence-corrected chi connectivity index (χ0v) is 8.20. The van der Waals surface area contributed by atoms with Crippen molar-refractivity contribution in [3.05, 3.63) is 23.3 Å². The van der Waals surface area contributed by atoms with Gasteiger partial charge in [-0.3, -0.25) is 0 Å². The van der Waals surface area contributed by atoms with Gasteiger partial charge in [0.2, 0.25) is 0 Å². The fraction of sp³-hybridized carbons (Fsp3) is 0.545. The largest absolute Gasteiger partial charge is 0.465 e. The molecular weight excluding hydrogens is 178 g/mol. The Bertz CT molecular complexity index is 304. The van der Waals surface area contributed by atoms with Crippen LogP contribution < -0.4 is 0 Å². The average molecular weight is 193 g/mol. The van der Waals surface area contributed by atoms with Gasteiger partial charge in [0.15, 0.2) is 0 Å². The van der Waals surface area contributed by atoms with Gasteiger partial charge in [0, 0.05) is 13.1 Å². The van der Waals surface area contributed by atoms with Gasteiger partial charge in [-0.05, 0) is 36.8 Å². The molecule has 2 aliphatic rings. The van der Waals surface area contributed by atoms with E-state index in [-0.39, 0.29) is 0 Å². The lowest BCUT2D eigenvalue weighted by Crippen LogP contribution is -2.33. The van der Waals surface area contributed by atoms with Crippen LogP contribution in [0.2, 0.25) is 0 Å². The number of carboxylic acid groups (broad SMARTS) is 1. The molecule has 0 fully saturated rings. The van der Waals surface area contributed by atoms with Gasteiger partial charge in [-0.1, -0.05) is 12.2 Å². The molecule has 0 spiro atoms. The van der Waals surface area contributed by atoms with E-state index in [2.05, 4.69) is 12.2 Å². The molecule has 1 aliphatic carbocycles. The maximum absolute atomic E-state index is 10.7. The molecule has 0 atom stereocenters. The highest BCUT2D eigenvalue weighted by Gasteiger charge is 2.18. The Labute approximate surface area is 83.7 Å². The first-order chi connectivity index (χ1) is 6.77. The highest BCUT2D eigenvalue weighted by atomic mass is 16.4. The summed E-state index contributed by atoms with van der Waals surface area (Å²) in [5.41, 5.74) is 2.83. The summed E-state index contributed by atoms with van der Waals surface area (Å²) in [6, 6.07) is 0. The first-order valence-corrected chi connectivity index (χ1v) is 5.13. The zero-order chi connectivity index (χ0) is 9.97. The predicted molar refractivity (Wildman–Crippen MR) is 54.2 cm³/mol. The van der Waals surface area contributed by atoms with Crippen molar-refractivity contribution < 1.29 is 9.90 Å². The highest BCUT2D eigenvalue weighted by molar-refractivity contribution is 5.65. The Hall–Kier alpha value is -1.25. The molecule has 14 heavy (non-hydrogen) atoms. The van der Waals surface area contributed by atoms with Crippen LogP contribution in [0.1, 0.15) is 25.7 Å². The van der Waals surface area contributed by atoms with Crippen LogP contribution in [0.3, 0.4) is 0 Å². The van der Waals surface area contributed by atoms with E-state index in [9.17, 15) is 4.79 Å². The third kappa shape index (κ3) is 1.81. The van der Waals surface area contributed by atoms with Crippen LogP contribution in [0.25, 0.3) is 0 Å². The average Bonchev–Trinajstić information content (AvgIpc) is 2.71. The Morgan fingerprint density at radius 2 is 2.07 bits per heavy atom. The van der Waals surface area contributed by atoms with E-state index in [1.807, 2.05) is 0 Å². The van der Waals surface area contributed by atoms with Crippen LogP contribution >= 0.6 is 0 Å². The smallest absolute Gasteiger partial charge is 0.407 e. The first-order valence-electron chi connectivity index (χ1n) is 5.13. The molecule has 0 aromatic rings. The van der Waals surface area contributed by atoms with Gasteiger partial charge in [-0.2, -0.15) is 0 Å². The molecule has 0 radical (unpaired) electrons. The number of carbonyl (C=O) groups is 1. The number of allylic oxidation sites excluding steroid dienone is 2. The SMILES string of the molecule is O=C(O)N1CC=C(C2=CCCC2)CC1. The zero-order valence-electron chi connectivity index (χ0n) is 8.20. The molecule has 1 amide bonds. The molecule has 0 saturated heterocycles. The van der Waals surface area contributed by atoms with Crippen molar-refractivity contribution >= 4 is 6.09 Å². The van der Waals surface area contributed by atoms with Crippen LogP contribution in [0.15, 0.2) is 23.3 Å². The lowest BCUT2D eigenvalue weighted by Gasteiger charge is -2.24. The first kappa shape index (κ1) is 9.31. The van der Waals surface area contributed by atoms with E-state index >= 15 is 0 Å². The van der Waals surface area contributed by atoms with Crippen LogP contribution in [0, 0.1) is 0 Å². The van der Waals surface area contributed by atoms with Gasteiger partial charge in [0.1, 0.15) is 0 Å². The van der Waals surface area contributed by atoms with Crippen molar-refractivity contribution in [2.24, 2.45) is 0 Å². The molecule has 76 valence electrons. The second-order valence-electron chi connectivity index (χ2n) is 3.83. The van der Waals surface area contributed by atoms with Crippen LogP contribution in [-0.4, -0.2) is 29.2 Å². The topological polar surface area (TPSA) is 40.5 Å². The molecule has 2 rings (SSSR count). The molecule has 1 aliphatic heterocycles. The maximum atomic E-state index is 10.7.